The monoisotopic (exact) mass is 222 g/mol. The molecule has 0 aromatic heterocycles. The Morgan fingerprint density at radius 2 is 1.94 bits per heavy atom. The van der Waals surface area contributed by atoms with E-state index in [2.05, 4.69) is 0 Å². The largest absolute Gasteiger partial charge is 0.390 e. The Labute approximate surface area is 96.3 Å². The smallest absolute Gasteiger partial charge is 0.123 e. The van der Waals surface area contributed by atoms with Gasteiger partial charge in [0.15, 0.2) is 0 Å². The third-order valence-electron chi connectivity index (χ3n) is 3.61. The van der Waals surface area contributed by atoms with Crippen LogP contribution in [0.3, 0.4) is 0 Å². The van der Waals surface area contributed by atoms with E-state index in [4.69, 9.17) is 0 Å². The Balaban J connectivity index is 2.15. The van der Waals surface area contributed by atoms with E-state index in [1.807, 2.05) is 6.92 Å². The van der Waals surface area contributed by atoms with Crippen LogP contribution in [0, 0.1) is 12.7 Å². The molecule has 0 heterocycles. The summed E-state index contributed by atoms with van der Waals surface area (Å²) in [6.45, 7) is 1.97. The van der Waals surface area contributed by atoms with E-state index < -0.39 is 5.60 Å². The van der Waals surface area contributed by atoms with Crippen molar-refractivity contribution in [3.63, 3.8) is 0 Å². The molecule has 1 nitrogen and oxygen atoms in total. The Kier molecular flexibility index (Phi) is 3.29. The van der Waals surface area contributed by atoms with Gasteiger partial charge in [0.05, 0.1) is 5.60 Å². The van der Waals surface area contributed by atoms with E-state index in [1.165, 1.54) is 12.5 Å². The zero-order valence-corrected chi connectivity index (χ0v) is 9.80. The van der Waals surface area contributed by atoms with Crippen molar-refractivity contribution in [1.29, 1.82) is 0 Å². The maximum atomic E-state index is 13.1. The van der Waals surface area contributed by atoms with Crippen LogP contribution in [0.4, 0.5) is 4.39 Å². The maximum absolute atomic E-state index is 13.1. The molecule has 0 atom stereocenters. The first kappa shape index (κ1) is 11.6. The highest BCUT2D eigenvalue weighted by Crippen LogP contribution is 2.31. The first-order chi connectivity index (χ1) is 7.59. The molecular weight excluding hydrogens is 203 g/mol. The first-order valence-corrected chi connectivity index (χ1v) is 6.06. The summed E-state index contributed by atoms with van der Waals surface area (Å²) in [5.74, 6) is -0.208. The van der Waals surface area contributed by atoms with Crippen LogP contribution in [0.25, 0.3) is 0 Å². The third kappa shape index (κ3) is 2.62. The van der Waals surface area contributed by atoms with Crippen molar-refractivity contribution >= 4 is 0 Å². The van der Waals surface area contributed by atoms with Crippen LogP contribution in [0.5, 0.6) is 0 Å². The standard InChI is InChI=1S/C14H19FO/c1-11-5-6-13(15)9-12(11)10-14(16)7-3-2-4-8-14/h5-6,9,16H,2-4,7-8,10H2,1H3. The summed E-state index contributed by atoms with van der Waals surface area (Å²) in [6.07, 6.45) is 5.68. The van der Waals surface area contributed by atoms with Crippen LogP contribution in [0.15, 0.2) is 18.2 Å². The molecule has 1 aliphatic carbocycles. The Bertz CT molecular complexity index is 367. The highest BCUT2D eigenvalue weighted by molar-refractivity contribution is 5.28. The predicted octanol–water partition coefficient (Wildman–Crippen LogP) is 3.37. The third-order valence-corrected chi connectivity index (χ3v) is 3.61. The molecule has 1 saturated carbocycles. The van der Waals surface area contributed by atoms with Crippen LogP contribution >= 0.6 is 0 Å². The zero-order chi connectivity index (χ0) is 11.6. The van der Waals surface area contributed by atoms with Gasteiger partial charge >= 0.3 is 0 Å². The van der Waals surface area contributed by atoms with Crippen LogP contribution in [-0.4, -0.2) is 10.7 Å². The van der Waals surface area contributed by atoms with Gasteiger partial charge in [0.2, 0.25) is 0 Å². The first-order valence-electron chi connectivity index (χ1n) is 6.06. The quantitative estimate of drug-likeness (QED) is 0.813. The number of aryl methyl sites for hydroxylation is 1. The number of rotatable bonds is 2. The number of aliphatic hydroxyl groups is 1. The number of benzene rings is 1. The number of halogens is 1. The highest BCUT2D eigenvalue weighted by Gasteiger charge is 2.29. The molecule has 2 rings (SSSR count). The zero-order valence-electron chi connectivity index (χ0n) is 9.80. The van der Waals surface area contributed by atoms with Crippen molar-refractivity contribution in [1.82, 2.24) is 0 Å². The molecular formula is C14H19FO. The molecule has 1 aliphatic rings. The fourth-order valence-corrected chi connectivity index (χ4v) is 2.57. The number of hydrogen-bond acceptors (Lipinski definition) is 1. The lowest BCUT2D eigenvalue weighted by atomic mass is 9.80. The van der Waals surface area contributed by atoms with Crippen molar-refractivity contribution < 1.29 is 9.50 Å². The minimum Gasteiger partial charge on any atom is -0.390 e. The molecule has 1 aromatic carbocycles. The maximum Gasteiger partial charge on any atom is 0.123 e. The summed E-state index contributed by atoms with van der Waals surface area (Å²) in [7, 11) is 0. The molecule has 1 N–H and O–H groups in total. The number of hydrogen-bond donors (Lipinski definition) is 1. The molecule has 0 radical (unpaired) electrons. The molecule has 0 spiro atoms. The molecule has 16 heavy (non-hydrogen) atoms. The Hall–Kier alpha value is -0.890. The molecule has 2 heteroatoms. The van der Waals surface area contributed by atoms with Gasteiger partial charge in [-0.05, 0) is 43.0 Å². The van der Waals surface area contributed by atoms with Gasteiger partial charge in [-0.25, -0.2) is 4.39 Å². The second-order valence-corrected chi connectivity index (χ2v) is 5.03. The SMILES string of the molecule is Cc1ccc(F)cc1CC1(O)CCCCC1. The van der Waals surface area contributed by atoms with Crippen molar-refractivity contribution in [2.45, 2.75) is 51.0 Å². The average Bonchev–Trinajstić information content (AvgIpc) is 2.24. The van der Waals surface area contributed by atoms with Gasteiger partial charge in [-0.15, -0.1) is 0 Å². The average molecular weight is 222 g/mol. The van der Waals surface area contributed by atoms with Crippen molar-refractivity contribution in [2.75, 3.05) is 0 Å². The van der Waals surface area contributed by atoms with Gasteiger partial charge < -0.3 is 5.11 Å². The van der Waals surface area contributed by atoms with E-state index in [-0.39, 0.29) is 5.82 Å². The predicted molar refractivity (Wildman–Crippen MR) is 62.9 cm³/mol. The molecule has 0 bridgehead atoms. The van der Waals surface area contributed by atoms with Crippen molar-refractivity contribution in [2.24, 2.45) is 0 Å². The van der Waals surface area contributed by atoms with Crippen molar-refractivity contribution in [3.05, 3.63) is 35.1 Å². The van der Waals surface area contributed by atoms with Crippen LogP contribution in [0.2, 0.25) is 0 Å². The van der Waals surface area contributed by atoms with Gasteiger partial charge in [0.1, 0.15) is 5.82 Å². The van der Waals surface area contributed by atoms with Crippen LogP contribution < -0.4 is 0 Å². The molecule has 0 unspecified atom stereocenters. The summed E-state index contributed by atoms with van der Waals surface area (Å²) in [4.78, 5) is 0. The summed E-state index contributed by atoms with van der Waals surface area (Å²) in [5.41, 5.74) is 1.42. The van der Waals surface area contributed by atoms with Crippen LogP contribution in [0.1, 0.15) is 43.2 Å². The van der Waals surface area contributed by atoms with Crippen LogP contribution in [-0.2, 0) is 6.42 Å². The summed E-state index contributed by atoms with van der Waals surface area (Å²) in [6, 6.07) is 4.82. The lowest BCUT2D eigenvalue weighted by Gasteiger charge is -2.32. The van der Waals surface area contributed by atoms with Gasteiger partial charge in [0.25, 0.3) is 0 Å². The van der Waals surface area contributed by atoms with Gasteiger partial charge in [-0.3, -0.25) is 0 Å². The molecule has 1 aromatic rings. The fourth-order valence-electron chi connectivity index (χ4n) is 2.57. The normalized spacial score (nSPS) is 19.7. The molecule has 88 valence electrons. The molecule has 0 saturated heterocycles. The Morgan fingerprint density at radius 3 is 2.62 bits per heavy atom. The lowest BCUT2D eigenvalue weighted by Crippen LogP contribution is -2.34. The van der Waals surface area contributed by atoms with Gasteiger partial charge in [-0.1, -0.05) is 25.3 Å². The fraction of sp³-hybridized carbons (Fsp3) is 0.571. The minimum absolute atomic E-state index is 0.208. The topological polar surface area (TPSA) is 20.2 Å². The summed E-state index contributed by atoms with van der Waals surface area (Å²) < 4.78 is 13.1. The van der Waals surface area contributed by atoms with Gasteiger partial charge in [0, 0.05) is 6.42 Å². The van der Waals surface area contributed by atoms with E-state index >= 15 is 0 Å². The van der Waals surface area contributed by atoms with Gasteiger partial charge in [-0.2, -0.15) is 0 Å². The molecule has 0 amide bonds. The molecule has 0 aliphatic heterocycles. The lowest BCUT2D eigenvalue weighted by molar-refractivity contribution is 0.00432. The highest BCUT2D eigenvalue weighted by atomic mass is 19.1. The second-order valence-electron chi connectivity index (χ2n) is 5.03. The van der Waals surface area contributed by atoms with E-state index in [9.17, 15) is 9.50 Å². The summed E-state index contributed by atoms with van der Waals surface area (Å²) >= 11 is 0. The van der Waals surface area contributed by atoms with E-state index in [1.54, 1.807) is 12.1 Å². The van der Waals surface area contributed by atoms with E-state index in [0.717, 1.165) is 36.8 Å². The second kappa shape index (κ2) is 4.54. The Morgan fingerprint density at radius 1 is 1.25 bits per heavy atom. The summed E-state index contributed by atoms with van der Waals surface area (Å²) in [5, 5.41) is 10.4. The van der Waals surface area contributed by atoms with Crippen molar-refractivity contribution in [3.8, 4) is 0 Å². The molecule has 1 fully saturated rings. The van der Waals surface area contributed by atoms with E-state index in [0.29, 0.717) is 6.42 Å². The minimum atomic E-state index is -0.600.